The molecule has 1 aromatic heterocycles. The van der Waals surface area contributed by atoms with Crippen molar-refractivity contribution in [3.05, 3.63) is 22.2 Å². The third-order valence-electron chi connectivity index (χ3n) is 1.49. The van der Waals surface area contributed by atoms with Crippen LogP contribution in [0.5, 0.6) is 0 Å². The van der Waals surface area contributed by atoms with E-state index in [1.54, 1.807) is 0 Å². The molecule has 0 amide bonds. The van der Waals surface area contributed by atoms with E-state index in [-0.39, 0.29) is 0 Å². The van der Waals surface area contributed by atoms with Gasteiger partial charge >= 0.3 is 0 Å². The minimum atomic E-state index is 0.390. The van der Waals surface area contributed by atoms with Gasteiger partial charge in [-0.15, -0.1) is 11.6 Å². The zero-order chi connectivity index (χ0) is 8.97. The highest BCUT2D eigenvalue weighted by molar-refractivity contribution is 7.71. The van der Waals surface area contributed by atoms with Gasteiger partial charge in [0, 0.05) is 5.69 Å². The van der Waals surface area contributed by atoms with Gasteiger partial charge in [-0.1, -0.05) is 25.6 Å². The molecule has 4 heteroatoms. The molecule has 0 bridgehead atoms. The molecule has 0 spiro atoms. The molecule has 12 heavy (non-hydrogen) atoms. The van der Waals surface area contributed by atoms with E-state index in [9.17, 15) is 0 Å². The van der Waals surface area contributed by atoms with Crippen LogP contribution in [0.3, 0.4) is 0 Å². The molecule has 0 saturated heterocycles. The quantitative estimate of drug-likeness (QED) is 0.603. The summed E-state index contributed by atoms with van der Waals surface area (Å²) in [6.45, 7) is 2.12. The minimum absolute atomic E-state index is 0.390. The molecule has 0 aliphatic rings. The van der Waals surface area contributed by atoms with Gasteiger partial charge in [0.25, 0.3) is 0 Å². The largest absolute Gasteiger partial charge is 0.346 e. The van der Waals surface area contributed by atoms with Gasteiger partial charge in [-0.05, 0) is 12.5 Å². The fourth-order valence-electron chi connectivity index (χ4n) is 1.03. The van der Waals surface area contributed by atoms with Crippen LogP contribution in [0.4, 0.5) is 0 Å². The van der Waals surface area contributed by atoms with Gasteiger partial charge in [-0.25, -0.2) is 4.98 Å². The number of nitrogens with zero attached hydrogens (tertiary/aromatic N) is 1. The third kappa shape index (κ3) is 2.57. The normalized spacial score (nSPS) is 10.2. The third-order valence-corrected chi connectivity index (χ3v) is 1.96. The molecule has 0 aliphatic carbocycles. The summed E-state index contributed by atoms with van der Waals surface area (Å²) < 4.78 is 0.618. The number of aryl methyl sites for hydroxylation is 1. The first-order valence-electron chi connectivity index (χ1n) is 3.91. The van der Waals surface area contributed by atoms with Crippen LogP contribution in [0.1, 0.15) is 24.9 Å². The Morgan fingerprint density at radius 1 is 1.67 bits per heavy atom. The van der Waals surface area contributed by atoms with Crippen molar-refractivity contribution in [2.24, 2.45) is 0 Å². The summed E-state index contributed by atoms with van der Waals surface area (Å²) in [6, 6.07) is 1.88. The Balaban J connectivity index is 2.98. The Morgan fingerprint density at radius 3 is 3.00 bits per heavy atom. The maximum Gasteiger partial charge on any atom is 0.130 e. The molecule has 0 fully saturated rings. The van der Waals surface area contributed by atoms with Crippen LogP contribution in [-0.2, 0) is 12.3 Å². The Labute approximate surface area is 82.0 Å². The maximum absolute atomic E-state index is 5.63. The van der Waals surface area contributed by atoms with E-state index >= 15 is 0 Å². The first kappa shape index (κ1) is 9.68. The van der Waals surface area contributed by atoms with Gasteiger partial charge < -0.3 is 4.98 Å². The molecule has 2 nitrogen and oxygen atoms in total. The first-order valence-corrected chi connectivity index (χ1v) is 4.85. The molecule has 1 rings (SSSR count). The van der Waals surface area contributed by atoms with Gasteiger partial charge in [0.05, 0.1) is 5.88 Å². The Kier molecular flexibility index (Phi) is 3.69. The molecule has 0 atom stereocenters. The fourth-order valence-corrected chi connectivity index (χ4v) is 1.41. The molecule has 0 radical (unpaired) electrons. The van der Waals surface area contributed by atoms with Crippen molar-refractivity contribution < 1.29 is 0 Å². The van der Waals surface area contributed by atoms with E-state index < -0.39 is 0 Å². The van der Waals surface area contributed by atoms with E-state index in [1.165, 1.54) is 0 Å². The summed E-state index contributed by atoms with van der Waals surface area (Å²) in [6.07, 6.45) is 2.09. The second-order valence-corrected chi connectivity index (χ2v) is 3.26. The Bertz CT molecular complexity index is 308. The van der Waals surface area contributed by atoms with Crippen LogP contribution in [-0.4, -0.2) is 9.97 Å². The Hall–Kier alpha value is -0.410. The zero-order valence-electron chi connectivity index (χ0n) is 6.93. The molecule has 1 N–H and O–H groups in total. The van der Waals surface area contributed by atoms with Crippen LogP contribution in [0.15, 0.2) is 6.07 Å². The number of aromatic nitrogens is 2. The standard InChI is InChI=1S/C8H11ClN2S/c1-2-3-6-4-8(12)11-7(5-9)10-6/h4H,2-3,5H2,1H3,(H,10,11,12). The smallest absolute Gasteiger partial charge is 0.130 e. The number of rotatable bonds is 3. The van der Waals surface area contributed by atoms with E-state index in [4.69, 9.17) is 23.8 Å². The average molecular weight is 203 g/mol. The number of alkyl halides is 1. The van der Waals surface area contributed by atoms with E-state index in [0.29, 0.717) is 10.5 Å². The number of nitrogens with one attached hydrogen (secondary N) is 1. The lowest BCUT2D eigenvalue weighted by Gasteiger charge is -2.01. The zero-order valence-corrected chi connectivity index (χ0v) is 8.50. The number of H-pyrrole nitrogens is 1. The Morgan fingerprint density at radius 2 is 2.42 bits per heavy atom. The van der Waals surface area contributed by atoms with Crippen LogP contribution in [0.2, 0.25) is 0 Å². The second kappa shape index (κ2) is 4.58. The molecule has 66 valence electrons. The van der Waals surface area contributed by atoms with Crippen molar-refractivity contribution in [3.63, 3.8) is 0 Å². The highest BCUT2D eigenvalue weighted by atomic mass is 35.5. The lowest BCUT2D eigenvalue weighted by molar-refractivity contribution is 0.849. The summed E-state index contributed by atoms with van der Waals surface area (Å²) >= 11 is 10.6. The average Bonchev–Trinajstić information content (AvgIpc) is 2.04. The SMILES string of the molecule is CCCc1cc(=S)nc(CCl)[nH]1. The number of halogens is 1. The van der Waals surface area contributed by atoms with Crippen LogP contribution in [0.25, 0.3) is 0 Å². The van der Waals surface area contributed by atoms with Crippen LogP contribution < -0.4 is 0 Å². The summed E-state index contributed by atoms with van der Waals surface area (Å²) in [5, 5.41) is 0. The molecule has 1 aromatic rings. The number of aromatic amines is 1. The molecule has 0 aliphatic heterocycles. The molecule has 0 saturated carbocycles. The van der Waals surface area contributed by atoms with Crippen LogP contribution >= 0.6 is 23.8 Å². The molecule has 0 aromatic carbocycles. The van der Waals surface area contributed by atoms with Gasteiger partial charge in [-0.2, -0.15) is 0 Å². The summed E-state index contributed by atoms with van der Waals surface area (Å²) in [5.41, 5.74) is 1.12. The minimum Gasteiger partial charge on any atom is -0.346 e. The van der Waals surface area contributed by atoms with Gasteiger partial charge in [0.2, 0.25) is 0 Å². The van der Waals surface area contributed by atoms with Gasteiger partial charge in [-0.3, -0.25) is 0 Å². The van der Waals surface area contributed by atoms with E-state index in [1.807, 2.05) is 6.07 Å². The lowest BCUT2D eigenvalue weighted by Crippen LogP contribution is -1.97. The van der Waals surface area contributed by atoms with Crippen molar-refractivity contribution in [3.8, 4) is 0 Å². The van der Waals surface area contributed by atoms with Crippen molar-refractivity contribution in [1.29, 1.82) is 0 Å². The van der Waals surface area contributed by atoms with E-state index in [2.05, 4.69) is 16.9 Å². The molecular formula is C8H11ClN2S. The molecule has 0 unspecified atom stereocenters. The van der Waals surface area contributed by atoms with Crippen molar-refractivity contribution in [1.82, 2.24) is 9.97 Å². The first-order chi connectivity index (χ1) is 5.76. The molecule has 1 heterocycles. The van der Waals surface area contributed by atoms with Gasteiger partial charge in [0.1, 0.15) is 10.5 Å². The highest BCUT2D eigenvalue weighted by Gasteiger charge is 1.96. The topological polar surface area (TPSA) is 28.7 Å². The highest BCUT2D eigenvalue weighted by Crippen LogP contribution is 2.02. The van der Waals surface area contributed by atoms with E-state index in [0.717, 1.165) is 24.4 Å². The monoisotopic (exact) mass is 202 g/mol. The maximum atomic E-state index is 5.63. The predicted molar refractivity (Wildman–Crippen MR) is 53.0 cm³/mol. The number of hydrogen-bond donors (Lipinski definition) is 1. The fraction of sp³-hybridized carbons (Fsp3) is 0.500. The summed E-state index contributed by atoms with van der Waals surface area (Å²) in [5.74, 6) is 1.15. The van der Waals surface area contributed by atoms with Crippen molar-refractivity contribution in [2.75, 3.05) is 0 Å². The van der Waals surface area contributed by atoms with Gasteiger partial charge in [0.15, 0.2) is 0 Å². The summed E-state index contributed by atoms with van der Waals surface area (Å²) in [7, 11) is 0. The predicted octanol–water partition coefficient (Wildman–Crippen LogP) is 2.83. The summed E-state index contributed by atoms with van der Waals surface area (Å²) in [4.78, 5) is 7.19. The molecular weight excluding hydrogens is 192 g/mol. The van der Waals surface area contributed by atoms with Crippen LogP contribution in [0, 0.1) is 4.64 Å². The van der Waals surface area contributed by atoms with Crippen molar-refractivity contribution >= 4 is 23.8 Å². The second-order valence-electron chi connectivity index (χ2n) is 2.57. The number of hydrogen-bond acceptors (Lipinski definition) is 2. The van der Waals surface area contributed by atoms with Crippen molar-refractivity contribution in [2.45, 2.75) is 25.6 Å². The lowest BCUT2D eigenvalue weighted by atomic mass is 10.2.